The lowest BCUT2D eigenvalue weighted by atomic mass is 10.1. The van der Waals surface area contributed by atoms with Crippen molar-refractivity contribution < 1.29 is 4.74 Å². The summed E-state index contributed by atoms with van der Waals surface area (Å²) in [6.45, 7) is 1.62. The molecule has 1 aromatic heterocycles. The number of aromatic amines is 1. The summed E-state index contributed by atoms with van der Waals surface area (Å²) in [6, 6.07) is 0. The van der Waals surface area contributed by atoms with Gasteiger partial charge in [0, 0.05) is 25.8 Å². The van der Waals surface area contributed by atoms with Gasteiger partial charge in [-0.25, -0.2) is 4.98 Å². The molecule has 0 radical (unpaired) electrons. The summed E-state index contributed by atoms with van der Waals surface area (Å²) < 4.78 is 5.90. The fourth-order valence-electron chi connectivity index (χ4n) is 1.54. The number of halogens is 1. The van der Waals surface area contributed by atoms with Crippen LogP contribution in [0.2, 0.25) is 0 Å². The lowest BCUT2D eigenvalue weighted by Gasteiger charge is -2.05. The van der Waals surface area contributed by atoms with Crippen LogP contribution in [0.25, 0.3) is 0 Å². The highest BCUT2D eigenvalue weighted by Gasteiger charge is 2.17. The van der Waals surface area contributed by atoms with E-state index in [9.17, 15) is 4.79 Å². The molecule has 14 heavy (non-hydrogen) atoms. The van der Waals surface area contributed by atoms with Gasteiger partial charge >= 0.3 is 0 Å². The van der Waals surface area contributed by atoms with Crippen LogP contribution >= 0.6 is 22.6 Å². The van der Waals surface area contributed by atoms with Crippen molar-refractivity contribution in [3.8, 4) is 0 Å². The molecule has 0 spiro atoms. The number of H-pyrrole nitrogens is 1. The van der Waals surface area contributed by atoms with Crippen LogP contribution < -0.4 is 5.56 Å². The Labute approximate surface area is 95.2 Å². The summed E-state index contributed by atoms with van der Waals surface area (Å²) in [4.78, 5) is 18.2. The summed E-state index contributed by atoms with van der Waals surface area (Å²) in [6.07, 6.45) is 3.49. The third-order valence-electron chi connectivity index (χ3n) is 2.31. The molecule has 1 unspecified atom stereocenters. The first-order valence-corrected chi connectivity index (χ1v) is 5.65. The minimum Gasteiger partial charge on any atom is -0.381 e. The number of nitrogens with zero attached hydrogens (tertiary/aromatic N) is 1. The zero-order chi connectivity index (χ0) is 9.97. The van der Waals surface area contributed by atoms with E-state index >= 15 is 0 Å². The Bertz CT molecular complexity index is 371. The second-order valence-electron chi connectivity index (χ2n) is 3.44. The smallest absolute Gasteiger partial charge is 0.264 e. The van der Waals surface area contributed by atoms with Crippen LogP contribution in [0.5, 0.6) is 0 Å². The first-order valence-electron chi connectivity index (χ1n) is 4.57. The van der Waals surface area contributed by atoms with Gasteiger partial charge < -0.3 is 9.72 Å². The Balaban J connectivity index is 2.09. The van der Waals surface area contributed by atoms with Gasteiger partial charge in [-0.2, -0.15) is 0 Å². The first kappa shape index (κ1) is 10.1. The number of ether oxygens (including phenoxy) is 1. The number of aromatic nitrogens is 2. The maximum atomic E-state index is 11.3. The van der Waals surface area contributed by atoms with Gasteiger partial charge in [-0.3, -0.25) is 4.79 Å². The van der Waals surface area contributed by atoms with Crippen LogP contribution in [-0.4, -0.2) is 23.2 Å². The topological polar surface area (TPSA) is 55.0 Å². The van der Waals surface area contributed by atoms with Crippen LogP contribution in [0.15, 0.2) is 11.0 Å². The molecule has 1 aromatic rings. The van der Waals surface area contributed by atoms with Crippen LogP contribution in [0, 0.1) is 9.49 Å². The molecule has 0 aromatic carbocycles. The molecule has 1 aliphatic heterocycles. The fourth-order valence-corrected chi connectivity index (χ4v) is 1.81. The van der Waals surface area contributed by atoms with Gasteiger partial charge in [0.15, 0.2) is 0 Å². The van der Waals surface area contributed by atoms with Gasteiger partial charge in [0.2, 0.25) is 0 Å². The monoisotopic (exact) mass is 306 g/mol. The Morgan fingerprint density at radius 1 is 1.71 bits per heavy atom. The summed E-state index contributed by atoms with van der Waals surface area (Å²) in [5, 5.41) is 0. The molecule has 76 valence electrons. The lowest BCUT2D eigenvalue weighted by molar-refractivity contribution is 0.185. The van der Waals surface area contributed by atoms with Crippen molar-refractivity contribution in [2.24, 2.45) is 5.92 Å². The molecule has 5 heteroatoms. The van der Waals surface area contributed by atoms with E-state index in [-0.39, 0.29) is 5.56 Å². The molecule has 1 fully saturated rings. The predicted molar refractivity (Wildman–Crippen MR) is 60.2 cm³/mol. The molecular formula is C9H11IN2O2. The Morgan fingerprint density at radius 2 is 2.57 bits per heavy atom. The normalized spacial score (nSPS) is 21.4. The molecular weight excluding hydrogens is 295 g/mol. The number of rotatable bonds is 2. The van der Waals surface area contributed by atoms with Crippen molar-refractivity contribution >= 4 is 22.6 Å². The summed E-state index contributed by atoms with van der Waals surface area (Å²) in [7, 11) is 0. The molecule has 0 amide bonds. The fraction of sp³-hybridized carbons (Fsp3) is 0.556. The molecule has 4 nitrogen and oxygen atoms in total. The van der Waals surface area contributed by atoms with Gasteiger partial charge in [0.25, 0.3) is 5.56 Å². The van der Waals surface area contributed by atoms with E-state index in [1.54, 1.807) is 6.20 Å². The van der Waals surface area contributed by atoms with Crippen LogP contribution in [0.1, 0.15) is 12.2 Å². The minimum absolute atomic E-state index is 0.0467. The number of nitrogens with one attached hydrogen (secondary N) is 1. The van der Waals surface area contributed by atoms with E-state index in [1.807, 2.05) is 22.6 Å². The van der Waals surface area contributed by atoms with Crippen molar-refractivity contribution in [2.75, 3.05) is 13.2 Å². The largest absolute Gasteiger partial charge is 0.381 e. The molecule has 2 heterocycles. The van der Waals surface area contributed by atoms with Crippen LogP contribution in [-0.2, 0) is 11.2 Å². The molecule has 2 rings (SSSR count). The van der Waals surface area contributed by atoms with Crippen molar-refractivity contribution in [3.63, 3.8) is 0 Å². The first-order chi connectivity index (χ1) is 6.75. The number of hydrogen-bond acceptors (Lipinski definition) is 3. The second kappa shape index (κ2) is 4.39. The molecule has 0 saturated carbocycles. The zero-order valence-electron chi connectivity index (χ0n) is 7.62. The van der Waals surface area contributed by atoms with E-state index in [4.69, 9.17) is 4.74 Å². The van der Waals surface area contributed by atoms with Gasteiger partial charge in [-0.1, -0.05) is 0 Å². The molecule has 1 atom stereocenters. The van der Waals surface area contributed by atoms with Crippen LogP contribution in [0.3, 0.4) is 0 Å². The van der Waals surface area contributed by atoms with Gasteiger partial charge in [-0.05, 0) is 34.9 Å². The van der Waals surface area contributed by atoms with Crippen molar-refractivity contribution in [1.82, 2.24) is 9.97 Å². The highest BCUT2D eigenvalue weighted by molar-refractivity contribution is 14.1. The Morgan fingerprint density at radius 3 is 3.21 bits per heavy atom. The average molecular weight is 306 g/mol. The van der Waals surface area contributed by atoms with Crippen molar-refractivity contribution in [1.29, 1.82) is 0 Å². The zero-order valence-corrected chi connectivity index (χ0v) is 9.78. The second-order valence-corrected chi connectivity index (χ2v) is 4.60. The van der Waals surface area contributed by atoms with Gasteiger partial charge in [0.1, 0.15) is 5.82 Å². The molecule has 1 N–H and O–H groups in total. The van der Waals surface area contributed by atoms with E-state index in [2.05, 4.69) is 9.97 Å². The SMILES string of the molecule is O=c1[nH]c(CC2CCOC2)ncc1I. The summed E-state index contributed by atoms with van der Waals surface area (Å²) >= 11 is 1.97. The molecule has 0 bridgehead atoms. The van der Waals surface area contributed by atoms with Crippen molar-refractivity contribution in [2.45, 2.75) is 12.8 Å². The van der Waals surface area contributed by atoms with E-state index in [0.717, 1.165) is 31.9 Å². The standard InChI is InChI=1S/C9H11IN2O2/c10-7-4-11-8(12-9(7)13)3-6-1-2-14-5-6/h4,6H,1-3,5H2,(H,11,12,13). The van der Waals surface area contributed by atoms with E-state index in [0.29, 0.717) is 9.49 Å². The summed E-state index contributed by atoms with van der Waals surface area (Å²) in [5.74, 6) is 1.28. The highest BCUT2D eigenvalue weighted by atomic mass is 127. The molecule has 1 aliphatic rings. The average Bonchev–Trinajstić information content (AvgIpc) is 2.64. The quantitative estimate of drug-likeness (QED) is 0.828. The van der Waals surface area contributed by atoms with E-state index < -0.39 is 0 Å². The maximum absolute atomic E-state index is 11.3. The molecule has 0 aliphatic carbocycles. The minimum atomic E-state index is -0.0467. The van der Waals surface area contributed by atoms with Gasteiger partial charge in [-0.15, -0.1) is 0 Å². The highest BCUT2D eigenvalue weighted by Crippen LogP contribution is 2.15. The van der Waals surface area contributed by atoms with Crippen LogP contribution in [0.4, 0.5) is 0 Å². The molecule has 1 saturated heterocycles. The third-order valence-corrected chi connectivity index (χ3v) is 3.08. The van der Waals surface area contributed by atoms with Crippen molar-refractivity contribution in [3.05, 3.63) is 25.9 Å². The predicted octanol–water partition coefficient (Wildman–Crippen LogP) is 0.954. The maximum Gasteiger partial charge on any atom is 0.264 e. The van der Waals surface area contributed by atoms with Gasteiger partial charge in [0.05, 0.1) is 3.57 Å². The lowest BCUT2D eigenvalue weighted by Crippen LogP contribution is -2.16. The summed E-state index contributed by atoms with van der Waals surface area (Å²) in [5.41, 5.74) is -0.0467. The third kappa shape index (κ3) is 2.33. The van der Waals surface area contributed by atoms with E-state index in [1.165, 1.54) is 0 Å². The number of hydrogen-bond donors (Lipinski definition) is 1. The Kier molecular flexibility index (Phi) is 3.17. The Hall–Kier alpha value is -0.430.